The quantitative estimate of drug-likeness (QED) is 0.0254. The summed E-state index contributed by atoms with van der Waals surface area (Å²) in [5.41, 5.74) is 0. The van der Waals surface area contributed by atoms with Gasteiger partial charge < -0.3 is 86.5 Å². The zero-order valence-corrected chi connectivity index (χ0v) is 46.7. The summed E-state index contributed by atoms with van der Waals surface area (Å²) in [5, 5.41) is 25.2. The fourth-order valence-corrected chi connectivity index (χ4v) is 5.22. The zero-order valence-electron chi connectivity index (χ0n) is 46.7. The Morgan fingerprint density at radius 2 is 0.853 bits per heavy atom. The number of carbonyl (C=O) groups is 12. The second-order valence-corrected chi connectivity index (χ2v) is 15.2. The van der Waals surface area contributed by atoms with Crippen LogP contribution in [0.4, 0.5) is 28.8 Å². The third-order valence-corrected chi connectivity index (χ3v) is 9.84. The molecule has 11 amide bonds. The molecular formula is C46H89N11O18. The van der Waals surface area contributed by atoms with E-state index in [1.54, 1.807) is 20.8 Å². The molecule has 0 aromatic rings. The monoisotopic (exact) mass is 1080 g/mol. The molecule has 0 radical (unpaired) electrons. The summed E-state index contributed by atoms with van der Waals surface area (Å²) in [6, 6.07) is 0.126. The van der Waals surface area contributed by atoms with Crippen molar-refractivity contribution in [1.82, 2.24) is 58.1 Å². The van der Waals surface area contributed by atoms with Gasteiger partial charge in [0.25, 0.3) is 0 Å². The first-order valence-corrected chi connectivity index (χ1v) is 24.1. The van der Waals surface area contributed by atoms with E-state index in [-0.39, 0.29) is 74.2 Å². The van der Waals surface area contributed by atoms with Gasteiger partial charge in [-0.3, -0.25) is 28.8 Å². The molecule has 0 aliphatic rings. The van der Waals surface area contributed by atoms with Gasteiger partial charge in [0, 0.05) is 79.6 Å². The number of rotatable bonds is 26. The van der Waals surface area contributed by atoms with Crippen molar-refractivity contribution >= 4 is 71.9 Å². The fourth-order valence-electron chi connectivity index (χ4n) is 5.22. The Bertz CT molecular complexity index is 1550. The summed E-state index contributed by atoms with van der Waals surface area (Å²) in [4.78, 5) is 133. The minimum absolute atomic E-state index is 0.0266. The Balaban J connectivity index is -0.000000275. The van der Waals surface area contributed by atoms with E-state index in [4.69, 9.17) is 0 Å². The molecule has 0 saturated heterocycles. The van der Waals surface area contributed by atoms with Gasteiger partial charge in [0.2, 0.25) is 29.5 Å². The van der Waals surface area contributed by atoms with Gasteiger partial charge in [0.05, 0.1) is 61.9 Å². The topological polar surface area (TPSA) is 384 Å². The second kappa shape index (κ2) is 51.5. The Hall–Kier alpha value is -7.36. The Morgan fingerprint density at radius 1 is 0.453 bits per heavy atom. The number of ketones is 1. The number of alkyl carbamates (subject to hydrolysis) is 6. The molecule has 0 heterocycles. The average Bonchev–Trinajstić information content (AvgIpc) is 3.41. The first kappa shape index (κ1) is 76.6. The third-order valence-electron chi connectivity index (χ3n) is 9.84. The molecule has 0 aliphatic heterocycles. The molecule has 0 aromatic heterocycles. The number of hydrogen-bond acceptors (Lipinski definition) is 18. The van der Waals surface area contributed by atoms with E-state index < -0.39 is 48.4 Å². The smallest absolute Gasteiger partial charge is 0.408 e. The predicted molar refractivity (Wildman–Crippen MR) is 274 cm³/mol. The average molecular weight is 1080 g/mol. The predicted octanol–water partition coefficient (Wildman–Crippen LogP) is 1.58. The number of amides is 11. The number of nitrogens with zero attached hydrogens (tertiary/aromatic N) is 1. The summed E-state index contributed by atoms with van der Waals surface area (Å²) < 4.78 is 26.5. The summed E-state index contributed by atoms with van der Waals surface area (Å²) in [6.45, 7) is 14.2. The molecule has 0 bridgehead atoms. The summed E-state index contributed by atoms with van der Waals surface area (Å²) in [5.74, 6) is -1.51. The van der Waals surface area contributed by atoms with E-state index in [9.17, 15) is 57.5 Å². The van der Waals surface area contributed by atoms with Gasteiger partial charge in [-0.05, 0) is 44.4 Å². The molecule has 0 fully saturated rings. The van der Waals surface area contributed by atoms with Crippen LogP contribution in [0.1, 0.15) is 99.8 Å². The molecule has 436 valence electrons. The van der Waals surface area contributed by atoms with E-state index in [1.807, 2.05) is 13.8 Å². The molecule has 0 saturated carbocycles. The maximum Gasteiger partial charge on any atom is 0.408 e. The number of carbonyl (C=O) groups excluding carboxylic acids is 12. The first-order valence-electron chi connectivity index (χ1n) is 24.1. The molecule has 29 nitrogen and oxygen atoms in total. The van der Waals surface area contributed by atoms with Gasteiger partial charge >= 0.3 is 36.6 Å². The van der Waals surface area contributed by atoms with Crippen LogP contribution in [0.2, 0.25) is 0 Å². The lowest BCUT2D eigenvalue weighted by atomic mass is 10.0. The van der Waals surface area contributed by atoms with Gasteiger partial charge in [-0.25, -0.2) is 28.8 Å². The zero-order chi connectivity index (χ0) is 58.7. The lowest BCUT2D eigenvalue weighted by molar-refractivity contribution is -0.135. The van der Waals surface area contributed by atoms with Crippen molar-refractivity contribution in [3.63, 3.8) is 0 Å². The number of ether oxygens (including phenoxy) is 6. The minimum Gasteiger partial charge on any atom is -0.453 e. The Kier molecular flexibility index (Phi) is 52.6. The van der Waals surface area contributed by atoms with E-state index in [1.165, 1.54) is 75.5 Å². The highest BCUT2D eigenvalue weighted by molar-refractivity contribution is 6.00. The van der Waals surface area contributed by atoms with Crippen molar-refractivity contribution in [3.8, 4) is 0 Å². The number of hydrogen-bond donors (Lipinski definition) is 10. The van der Waals surface area contributed by atoms with Crippen LogP contribution in [0.25, 0.3) is 0 Å². The summed E-state index contributed by atoms with van der Waals surface area (Å²) in [7, 11) is 10.6. The molecule has 29 heteroatoms. The lowest BCUT2D eigenvalue weighted by Gasteiger charge is -2.22. The van der Waals surface area contributed by atoms with Crippen molar-refractivity contribution in [3.05, 3.63) is 0 Å². The van der Waals surface area contributed by atoms with Gasteiger partial charge in [0.1, 0.15) is 11.7 Å². The van der Waals surface area contributed by atoms with Crippen LogP contribution in [-0.2, 0) is 57.2 Å². The summed E-state index contributed by atoms with van der Waals surface area (Å²) >= 11 is 0. The standard InChI is InChI=1S/C11H22N2O4.C10H18N2O5.C9H17N3O5.C9H18N2O2.C7H14N2O2/c1-4-9(13-11(15)17-3)7-5-6-8-12-10(14)16-2;1-4-8(13)7(5-11-9(14)16-2)6-12-10(15)17-3;1-4-7(13)12(5-10-8(14)16-2)6-11-9(15)17-3;1-4-9(5-10-7(2)12)6-11-8(3)13;1-4-5(6(10)8-2)7(11)9-3/h9H,4-8H2,1-3H3,(H,12,14)(H,13,15);7H,4-6H2,1-3H3,(H,11,14)(H,12,15);4-6H2,1-3H3,(H,10,14)(H,11,15);9H,4-6H2,1-3H3,(H,10,12)(H,11,13);5H,4H2,1-3H3,(H,8,10)(H,9,11). The van der Waals surface area contributed by atoms with Crippen LogP contribution in [-0.4, -0.2) is 186 Å². The van der Waals surface area contributed by atoms with Crippen molar-refractivity contribution < 1.29 is 86.0 Å². The molecule has 0 aliphatic carbocycles. The van der Waals surface area contributed by atoms with Crippen molar-refractivity contribution in [2.24, 2.45) is 17.8 Å². The number of unbranched alkanes of at least 4 members (excludes halogenated alkanes) is 1. The largest absolute Gasteiger partial charge is 0.453 e. The van der Waals surface area contributed by atoms with Crippen molar-refractivity contribution in [2.45, 2.75) is 106 Å². The van der Waals surface area contributed by atoms with E-state index in [0.717, 1.165) is 32.1 Å². The third kappa shape index (κ3) is 47.4. The van der Waals surface area contributed by atoms with Crippen LogP contribution < -0.4 is 53.2 Å². The number of nitrogens with one attached hydrogen (secondary N) is 10. The van der Waals surface area contributed by atoms with Crippen molar-refractivity contribution in [2.75, 3.05) is 103 Å². The van der Waals surface area contributed by atoms with Gasteiger partial charge in [-0.15, -0.1) is 0 Å². The van der Waals surface area contributed by atoms with Crippen LogP contribution in [0.15, 0.2) is 0 Å². The van der Waals surface area contributed by atoms with Gasteiger partial charge in [-0.1, -0.05) is 34.6 Å². The van der Waals surface area contributed by atoms with Gasteiger partial charge in [-0.2, -0.15) is 0 Å². The van der Waals surface area contributed by atoms with Crippen LogP contribution in [0.3, 0.4) is 0 Å². The van der Waals surface area contributed by atoms with Gasteiger partial charge in [0.15, 0.2) is 0 Å². The molecule has 0 spiro atoms. The second-order valence-electron chi connectivity index (χ2n) is 15.2. The Morgan fingerprint density at radius 3 is 1.17 bits per heavy atom. The van der Waals surface area contributed by atoms with Crippen LogP contribution in [0, 0.1) is 17.8 Å². The number of methoxy groups -OCH3 is 6. The van der Waals surface area contributed by atoms with Crippen LogP contribution in [0.5, 0.6) is 0 Å². The Labute approximate surface area is 441 Å². The highest BCUT2D eigenvalue weighted by atomic mass is 16.6. The first-order chi connectivity index (χ1) is 35.4. The van der Waals surface area contributed by atoms with Crippen LogP contribution >= 0.6 is 0 Å². The molecule has 0 aromatic carbocycles. The van der Waals surface area contributed by atoms with E-state index >= 15 is 0 Å². The maximum atomic E-state index is 11.5. The molecular weight excluding hydrogens is 995 g/mol. The summed E-state index contributed by atoms with van der Waals surface area (Å²) in [6.07, 6.45) is 2.22. The molecule has 0 rings (SSSR count). The molecule has 1 unspecified atom stereocenters. The highest BCUT2D eigenvalue weighted by Gasteiger charge is 2.22. The maximum absolute atomic E-state index is 11.5. The van der Waals surface area contributed by atoms with Crippen molar-refractivity contribution in [1.29, 1.82) is 0 Å². The highest BCUT2D eigenvalue weighted by Crippen LogP contribution is 2.05. The fraction of sp³-hybridized carbons (Fsp3) is 0.739. The normalized spacial score (nSPS) is 9.95. The molecule has 75 heavy (non-hydrogen) atoms. The van der Waals surface area contributed by atoms with E-state index in [0.29, 0.717) is 38.4 Å². The lowest BCUT2D eigenvalue weighted by Crippen LogP contribution is -2.46. The SMILES string of the molecule is CCC(=O)C(CNC(=O)OC)CNC(=O)OC.CCC(=O)N(CNC(=O)OC)CNC(=O)OC.CCC(C(=O)NC)C(=O)NC.CCC(CCCCNC(=O)OC)NC(=O)OC.CCC(CNC(C)=O)CNC(C)=O. The molecule has 1 atom stereocenters. The van der Waals surface area contributed by atoms with E-state index in [2.05, 4.69) is 81.6 Å². The minimum atomic E-state index is -0.656. The molecule has 10 N–H and O–H groups in total. The number of Topliss-reactive ketones (excluding diaryl/α,β-unsaturated/α-hetero) is 1.